The zero-order chi connectivity index (χ0) is 4.24. The zero-order valence-electron chi connectivity index (χ0n) is 3.33. The van der Waals surface area contributed by atoms with E-state index in [9.17, 15) is 0 Å². The van der Waals surface area contributed by atoms with Gasteiger partial charge in [0, 0.05) is 0 Å². The monoisotopic (exact) mass is 181 g/mol. The van der Waals surface area contributed by atoms with Gasteiger partial charge in [0.1, 0.15) is 0 Å². The topological polar surface area (TPSA) is 12.4 Å². The van der Waals surface area contributed by atoms with Crippen LogP contribution < -0.4 is 0 Å². The predicted octanol–water partition coefficient (Wildman–Crippen LogP) is 0.915. The van der Waals surface area contributed by atoms with Gasteiger partial charge in [0.2, 0.25) is 0 Å². The SMILES string of the molecule is C1=C[N]=[In][CH]=C1. The van der Waals surface area contributed by atoms with Gasteiger partial charge in [0.15, 0.2) is 0 Å². The summed E-state index contributed by atoms with van der Waals surface area (Å²) >= 11 is -0.499. The summed E-state index contributed by atoms with van der Waals surface area (Å²) < 4.78 is 6.30. The summed E-state index contributed by atoms with van der Waals surface area (Å²) in [6.45, 7) is 0. The molecule has 0 saturated heterocycles. The molecule has 1 rings (SSSR count). The molecule has 0 atom stereocenters. The molecular weight excluding hydrogens is 177 g/mol. The second-order valence-corrected chi connectivity index (χ2v) is 3.82. The van der Waals surface area contributed by atoms with E-state index in [2.05, 4.69) is 12.8 Å². The van der Waals surface area contributed by atoms with Crippen molar-refractivity contribution in [2.75, 3.05) is 0 Å². The van der Waals surface area contributed by atoms with Gasteiger partial charge in [-0.3, -0.25) is 0 Å². The minimum absolute atomic E-state index is 0.499. The van der Waals surface area contributed by atoms with Crippen LogP contribution in [0.15, 0.2) is 25.1 Å². The number of nitrogens with zero attached hydrogens (tertiary/aromatic N) is 1. The third kappa shape index (κ3) is 1.09. The van der Waals surface area contributed by atoms with Crippen LogP contribution in [-0.2, 0) is 0 Å². The summed E-state index contributed by atoms with van der Waals surface area (Å²) in [4.78, 5) is 0. The summed E-state index contributed by atoms with van der Waals surface area (Å²) in [5, 5.41) is 0. The Balaban J connectivity index is 2.77. The molecule has 1 aliphatic rings. The van der Waals surface area contributed by atoms with Gasteiger partial charge in [0.25, 0.3) is 0 Å². The molecule has 0 spiro atoms. The first-order chi connectivity index (χ1) is 3.00. The van der Waals surface area contributed by atoms with Crippen molar-refractivity contribution in [1.29, 1.82) is 0 Å². The summed E-state index contributed by atoms with van der Waals surface area (Å²) in [6.07, 6.45) is 5.94. The van der Waals surface area contributed by atoms with Crippen molar-refractivity contribution in [2.24, 2.45) is 2.92 Å². The number of rotatable bonds is 0. The normalized spacial score (nSPS) is 14.7. The Morgan fingerprint density at radius 3 is 2.50 bits per heavy atom. The Morgan fingerprint density at radius 2 is 2.33 bits per heavy atom. The van der Waals surface area contributed by atoms with Crippen molar-refractivity contribution in [3.63, 3.8) is 0 Å². The molecule has 6 heavy (non-hydrogen) atoms. The fourth-order valence-corrected chi connectivity index (χ4v) is 1.81. The number of hydrogen-bond acceptors (Lipinski definition) is 1. The van der Waals surface area contributed by atoms with E-state index in [-0.39, 0.29) is 0 Å². The van der Waals surface area contributed by atoms with Crippen LogP contribution in [0.2, 0.25) is 0 Å². The molecule has 1 heterocycles. The fraction of sp³-hybridized carbons (Fsp3) is 0. The first-order valence-electron chi connectivity index (χ1n) is 1.85. The average molecular weight is 181 g/mol. The van der Waals surface area contributed by atoms with Gasteiger partial charge in [0.05, 0.1) is 0 Å². The molecule has 28 valence electrons. The molecule has 0 saturated carbocycles. The average Bonchev–Trinajstić information content (AvgIpc) is 1.72. The van der Waals surface area contributed by atoms with Crippen LogP contribution >= 0.6 is 0 Å². The summed E-state index contributed by atoms with van der Waals surface area (Å²) in [5.74, 6) is 0. The van der Waals surface area contributed by atoms with E-state index in [0.29, 0.717) is 0 Å². The summed E-state index contributed by atoms with van der Waals surface area (Å²) in [5.41, 5.74) is 0. The van der Waals surface area contributed by atoms with E-state index in [1.807, 2.05) is 12.3 Å². The maximum absolute atomic E-state index is 4.10. The molecule has 0 aromatic rings. The molecule has 0 amide bonds. The second kappa shape index (κ2) is 2.35. The van der Waals surface area contributed by atoms with Crippen molar-refractivity contribution >= 4 is 22.7 Å². The van der Waals surface area contributed by atoms with E-state index >= 15 is 0 Å². The maximum atomic E-state index is 4.10. The van der Waals surface area contributed by atoms with Crippen LogP contribution in [-0.4, -0.2) is 22.7 Å². The Hall–Kier alpha value is 0.150. The fourth-order valence-electron chi connectivity index (χ4n) is 0.313. The van der Waals surface area contributed by atoms with Gasteiger partial charge < -0.3 is 0 Å². The van der Waals surface area contributed by atoms with Gasteiger partial charge in [-0.1, -0.05) is 0 Å². The van der Waals surface area contributed by atoms with Gasteiger partial charge in [-0.05, 0) is 0 Å². The first kappa shape index (κ1) is 4.31. The van der Waals surface area contributed by atoms with Gasteiger partial charge in [-0.2, -0.15) is 0 Å². The standard InChI is InChI=1S/C4H4N.In/c1-2-3-4-5;/h1-4H;. The summed E-state index contributed by atoms with van der Waals surface area (Å²) in [6, 6.07) is 0. The number of allylic oxidation sites excluding steroid dienone is 2. The minimum atomic E-state index is -0.499. The Morgan fingerprint density at radius 1 is 1.33 bits per heavy atom. The van der Waals surface area contributed by atoms with Crippen LogP contribution in [0.25, 0.3) is 0 Å². The molecular formula is C4H4InN. The molecule has 0 aromatic heterocycles. The van der Waals surface area contributed by atoms with E-state index in [1.165, 1.54) is 0 Å². The second-order valence-electron chi connectivity index (χ2n) is 1.02. The van der Waals surface area contributed by atoms with E-state index < -0.39 is 22.7 Å². The molecule has 0 N–H and O–H groups in total. The zero-order valence-corrected chi connectivity index (χ0v) is 6.63. The Kier molecular flexibility index (Phi) is 1.69. The molecule has 2 heteroatoms. The van der Waals surface area contributed by atoms with Crippen LogP contribution in [0.5, 0.6) is 0 Å². The molecule has 0 unspecified atom stereocenters. The van der Waals surface area contributed by atoms with Gasteiger partial charge in [-0.25, -0.2) is 0 Å². The first-order valence-corrected chi connectivity index (χ1v) is 5.23. The Labute approximate surface area is 48.0 Å². The van der Waals surface area contributed by atoms with Crippen molar-refractivity contribution in [3.05, 3.63) is 22.2 Å². The van der Waals surface area contributed by atoms with E-state index in [0.717, 1.165) is 0 Å². The third-order valence-corrected chi connectivity index (χ3v) is 2.67. The molecule has 0 aromatic carbocycles. The van der Waals surface area contributed by atoms with Crippen molar-refractivity contribution in [1.82, 2.24) is 0 Å². The van der Waals surface area contributed by atoms with Crippen LogP contribution in [0.1, 0.15) is 0 Å². The van der Waals surface area contributed by atoms with E-state index in [4.69, 9.17) is 0 Å². The van der Waals surface area contributed by atoms with Crippen LogP contribution in [0.4, 0.5) is 0 Å². The third-order valence-electron chi connectivity index (χ3n) is 0.566. The Bertz CT molecular complexity index is 76.9. The number of hydrogen-bond donors (Lipinski definition) is 0. The van der Waals surface area contributed by atoms with Crippen LogP contribution in [0, 0.1) is 0 Å². The predicted molar refractivity (Wildman–Crippen MR) is 26.5 cm³/mol. The van der Waals surface area contributed by atoms with Gasteiger partial charge in [-0.15, -0.1) is 0 Å². The molecule has 0 radical (unpaired) electrons. The molecule has 1 nitrogen and oxygen atoms in total. The van der Waals surface area contributed by atoms with Gasteiger partial charge >= 0.3 is 47.8 Å². The molecule has 0 fully saturated rings. The van der Waals surface area contributed by atoms with Crippen LogP contribution in [0.3, 0.4) is 0 Å². The molecule has 0 aliphatic carbocycles. The molecule has 0 bridgehead atoms. The quantitative estimate of drug-likeness (QED) is 0.526. The molecule has 1 aliphatic heterocycles. The van der Waals surface area contributed by atoms with E-state index in [1.54, 1.807) is 0 Å². The summed E-state index contributed by atoms with van der Waals surface area (Å²) in [7, 11) is 0. The van der Waals surface area contributed by atoms with Crippen molar-refractivity contribution in [3.8, 4) is 0 Å². The van der Waals surface area contributed by atoms with Crippen molar-refractivity contribution in [2.45, 2.75) is 0 Å². The van der Waals surface area contributed by atoms with Crippen molar-refractivity contribution < 1.29 is 0 Å².